The minimum atomic E-state index is -0.718. The Kier molecular flexibility index (Phi) is 15.2. The highest BCUT2D eigenvalue weighted by Gasteiger charge is 2.29. The summed E-state index contributed by atoms with van der Waals surface area (Å²) in [5.74, 6) is -0.663. The summed E-state index contributed by atoms with van der Waals surface area (Å²) in [6.45, 7) is 14.6. The van der Waals surface area contributed by atoms with E-state index >= 15 is 0 Å². The summed E-state index contributed by atoms with van der Waals surface area (Å²) < 4.78 is 1.13. The van der Waals surface area contributed by atoms with Gasteiger partial charge in [-0.1, -0.05) is 43.0 Å². The largest absolute Gasteiger partial charge is 0.385 e. The van der Waals surface area contributed by atoms with Gasteiger partial charge in [0.2, 0.25) is 18.2 Å². The molecule has 1 aromatic heterocycles. The van der Waals surface area contributed by atoms with E-state index < -0.39 is 12.1 Å². The minimum absolute atomic E-state index is 0.00340. The molecule has 212 valence electrons. The van der Waals surface area contributed by atoms with Crippen LogP contribution in [0.25, 0.3) is 10.1 Å². The van der Waals surface area contributed by atoms with E-state index in [2.05, 4.69) is 48.5 Å². The number of thiophene rings is 1. The van der Waals surface area contributed by atoms with Gasteiger partial charge in [-0.05, 0) is 74.2 Å². The van der Waals surface area contributed by atoms with Gasteiger partial charge in [0.05, 0.1) is 12.7 Å². The standard InChI is InChI=1S/C17H22N4O3S.C13H21N/c1-11(18)17(24)21(2)14(16(23)20-9-19-10-22)7-12-8-25-15-6-4-3-5-13(12)15;1-6-10-13(14-9-4)12(8-3)11(5)7-2/h3-6,8,10-11,14H,7,9,18H2,1-2H3,(H,19,22)(H,20,23);6-8,10,14H,3,9H2,1-2,4-5H3/b;10-6-,11-7-,13-12-/t11?,14-;/m1./s1. The summed E-state index contributed by atoms with van der Waals surface area (Å²) >= 11 is 1.60. The van der Waals surface area contributed by atoms with Crippen molar-refractivity contribution < 1.29 is 14.4 Å². The Labute approximate surface area is 236 Å². The lowest BCUT2D eigenvalue weighted by molar-refractivity contribution is -0.139. The van der Waals surface area contributed by atoms with Gasteiger partial charge in [0, 0.05) is 30.4 Å². The van der Waals surface area contributed by atoms with Crippen LogP contribution in [0.4, 0.5) is 0 Å². The van der Waals surface area contributed by atoms with Crippen LogP contribution >= 0.6 is 11.3 Å². The molecule has 1 unspecified atom stereocenters. The highest BCUT2D eigenvalue weighted by Crippen LogP contribution is 2.27. The molecule has 2 atom stereocenters. The second-order valence-electron chi connectivity index (χ2n) is 8.79. The maximum Gasteiger partial charge on any atom is 0.244 e. The van der Waals surface area contributed by atoms with Crippen molar-refractivity contribution in [1.29, 1.82) is 0 Å². The molecule has 0 aliphatic rings. The van der Waals surface area contributed by atoms with Crippen LogP contribution in [0.2, 0.25) is 0 Å². The molecule has 0 aliphatic heterocycles. The van der Waals surface area contributed by atoms with Crippen molar-refractivity contribution in [1.82, 2.24) is 20.9 Å². The normalized spacial score (nSPS) is 13.5. The van der Waals surface area contributed by atoms with Crippen molar-refractivity contribution in [2.24, 2.45) is 5.73 Å². The first-order valence-electron chi connectivity index (χ1n) is 12.9. The van der Waals surface area contributed by atoms with E-state index in [1.807, 2.05) is 55.6 Å². The maximum atomic E-state index is 12.6. The first-order chi connectivity index (χ1) is 18.7. The van der Waals surface area contributed by atoms with Gasteiger partial charge in [-0.2, -0.15) is 0 Å². The highest BCUT2D eigenvalue weighted by molar-refractivity contribution is 7.17. The Morgan fingerprint density at radius 2 is 1.90 bits per heavy atom. The lowest BCUT2D eigenvalue weighted by Gasteiger charge is -2.28. The summed E-state index contributed by atoms with van der Waals surface area (Å²) in [5.41, 5.74) is 10.2. The van der Waals surface area contributed by atoms with E-state index in [1.165, 1.54) is 16.0 Å². The summed E-state index contributed by atoms with van der Waals surface area (Å²) in [5, 5.41) is 11.4. The second kappa shape index (κ2) is 17.8. The van der Waals surface area contributed by atoms with Crippen LogP contribution in [-0.4, -0.2) is 55.5 Å². The topological polar surface area (TPSA) is 117 Å². The number of nitrogens with one attached hydrogen (secondary N) is 3. The van der Waals surface area contributed by atoms with Gasteiger partial charge in [0.25, 0.3) is 0 Å². The molecule has 0 radical (unpaired) electrons. The summed E-state index contributed by atoms with van der Waals surface area (Å²) in [6, 6.07) is 6.50. The fraction of sp³-hybridized carbons (Fsp3) is 0.367. The number of nitrogens with zero attached hydrogens (tertiary/aromatic N) is 1. The van der Waals surface area contributed by atoms with Crippen molar-refractivity contribution in [2.45, 2.75) is 53.1 Å². The van der Waals surface area contributed by atoms with Crippen LogP contribution in [0.1, 0.15) is 40.2 Å². The predicted octanol–water partition coefficient (Wildman–Crippen LogP) is 4.02. The third kappa shape index (κ3) is 10.2. The van der Waals surface area contributed by atoms with Crippen LogP contribution in [-0.2, 0) is 20.8 Å². The van der Waals surface area contributed by atoms with Crippen LogP contribution < -0.4 is 21.7 Å². The second-order valence-corrected chi connectivity index (χ2v) is 9.70. The van der Waals surface area contributed by atoms with E-state index in [9.17, 15) is 14.4 Å². The molecule has 0 fully saturated rings. The smallest absolute Gasteiger partial charge is 0.244 e. The molecule has 39 heavy (non-hydrogen) atoms. The first-order valence-corrected chi connectivity index (χ1v) is 13.8. The number of hydrogen-bond donors (Lipinski definition) is 4. The minimum Gasteiger partial charge on any atom is -0.385 e. The van der Waals surface area contributed by atoms with Crippen molar-refractivity contribution in [2.75, 3.05) is 20.3 Å². The number of hydrogen-bond acceptors (Lipinski definition) is 6. The first kappa shape index (κ1) is 33.3. The molecule has 2 aromatic rings. The van der Waals surface area contributed by atoms with Gasteiger partial charge >= 0.3 is 0 Å². The van der Waals surface area contributed by atoms with Crippen LogP contribution in [0.3, 0.4) is 0 Å². The van der Waals surface area contributed by atoms with Gasteiger partial charge in [-0.15, -0.1) is 11.3 Å². The van der Waals surface area contributed by atoms with Crippen LogP contribution in [0.5, 0.6) is 0 Å². The molecule has 0 saturated carbocycles. The molecule has 2 rings (SSSR count). The summed E-state index contributed by atoms with van der Waals surface area (Å²) in [6.07, 6.45) is 8.97. The zero-order valence-corrected chi connectivity index (χ0v) is 24.7. The number of benzene rings is 1. The number of carbonyl (C=O) groups excluding carboxylic acids is 3. The fourth-order valence-corrected chi connectivity index (χ4v) is 4.79. The number of rotatable bonds is 13. The molecule has 3 amide bonds. The van der Waals surface area contributed by atoms with Gasteiger partial charge in [-0.25, -0.2) is 0 Å². The van der Waals surface area contributed by atoms with Crippen molar-refractivity contribution >= 4 is 39.6 Å². The number of carbonyl (C=O) groups is 3. The SMILES string of the molecule is C=CC(/C(C)=C\C)=C(\C=C/C)NCC.CC(N)C(=O)N(C)[C@H](Cc1csc2ccccc12)C(=O)NCNC=O. The quantitative estimate of drug-likeness (QED) is 0.129. The Hall–Kier alpha value is -3.69. The van der Waals surface area contributed by atoms with Gasteiger partial charge < -0.3 is 26.6 Å². The number of amides is 3. The van der Waals surface area contributed by atoms with Gasteiger partial charge in [0.15, 0.2) is 0 Å². The lowest BCUT2D eigenvalue weighted by atomic mass is 10.0. The number of allylic oxidation sites excluding steroid dienone is 6. The van der Waals surface area contributed by atoms with E-state index in [0.717, 1.165) is 27.9 Å². The third-order valence-electron chi connectivity index (χ3n) is 5.98. The predicted molar refractivity (Wildman–Crippen MR) is 163 cm³/mol. The van der Waals surface area contributed by atoms with E-state index in [0.29, 0.717) is 12.8 Å². The molecule has 0 aliphatic carbocycles. The molecule has 9 heteroatoms. The van der Waals surface area contributed by atoms with Crippen LogP contribution in [0, 0.1) is 0 Å². The summed E-state index contributed by atoms with van der Waals surface area (Å²) in [4.78, 5) is 36.5. The summed E-state index contributed by atoms with van der Waals surface area (Å²) in [7, 11) is 1.57. The molecule has 1 heterocycles. The van der Waals surface area contributed by atoms with Crippen molar-refractivity contribution in [3.05, 3.63) is 82.9 Å². The van der Waals surface area contributed by atoms with Crippen LogP contribution in [0.15, 0.2) is 77.4 Å². The number of fused-ring (bicyclic) bond motifs is 1. The highest BCUT2D eigenvalue weighted by atomic mass is 32.1. The molecule has 0 saturated heterocycles. The van der Waals surface area contributed by atoms with E-state index in [1.54, 1.807) is 25.3 Å². The van der Waals surface area contributed by atoms with Gasteiger partial charge in [-0.3, -0.25) is 14.4 Å². The Morgan fingerprint density at radius 3 is 2.46 bits per heavy atom. The fourth-order valence-electron chi connectivity index (χ4n) is 3.82. The maximum absolute atomic E-state index is 12.6. The molecule has 5 N–H and O–H groups in total. The zero-order chi connectivity index (χ0) is 29.4. The average Bonchev–Trinajstić information content (AvgIpc) is 3.34. The monoisotopic (exact) mass is 553 g/mol. The third-order valence-corrected chi connectivity index (χ3v) is 6.99. The molecule has 1 aromatic carbocycles. The molecular formula is C30H43N5O3S. The van der Waals surface area contributed by atoms with Crippen molar-refractivity contribution in [3.8, 4) is 0 Å². The Balaban J connectivity index is 0.000000464. The van der Waals surface area contributed by atoms with Gasteiger partial charge in [0.1, 0.15) is 6.04 Å². The van der Waals surface area contributed by atoms with E-state index in [-0.39, 0.29) is 18.5 Å². The molecule has 8 nitrogen and oxygen atoms in total. The number of nitrogens with two attached hydrogens (primary N) is 1. The Bertz CT molecular complexity index is 1200. The number of likely N-dealkylation sites (N-methyl/N-ethyl adjacent to an activating group) is 2. The Morgan fingerprint density at radius 1 is 1.21 bits per heavy atom. The average molecular weight is 554 g/mol. The molecular weight excluding hydrogens is 510 g/mol. The van der Waals surface area contributed by atoms with E-state index in [4.69, 9.17) is 5.73 Å². The zero-order valence-electron chi connectivity index (χ0n) is 23.9. The van der Waals surface area contributed by atoms with Crippen molar-refractivity contribution in [3.63, 3.8) is 0 Å². The molecule has 0 bridgehead atoms. The molecule has 0 spiro atoms. The lowest BCUT2D eigenvalue weighted by Crippen LogP contribution is -2.53.